The highest BCUT2D eigenvalue weighted by atomic mass is 32.1. The number of pyridine rings is 1. The van der Waals surface area contributed by atoms with Crippen molar-refractivity contribution in [2.24, 2.45) is 0 Å². The first kappa shape index (κ1) is 18.0. The topological polar surface area (TPSA) is 54.0 Å². The van der Waals surface area contributed by atoms with Crippen molar-refractivity contribution in [2.45, 2.75) is 26.7 Å². The third-order valence-corrected chi connectivity index (χ3v) is 4.39. The molecular formula is C21H21N3OS. The van der Waals surface area contributed by atoms with Gasteiger partial charge in [-0.15, -0.1) is 0 Å². The number of aryl methyl sites for hydroxylation is 1. The van der Waals surface area contributed by atoms with Crippen molar-refractivity contribution in [1.82, 2.24) is 10.3 Å². The number of nitrogens with one attached hydrogen (secondary N) is 2. The monoisotopic (exact) mass is 363 g/mol. The van der Waals surface area contributed by atoms with Gasteiger partial charge in [0, 0.05) is 22.3 Å². The maximum absolute atomic E-state index is 12.4. The molecule has 0 radical (unpaired) electrons. The van der Waals surface area contributed by atoms with Crippen LogP contribution in [0.3, 0.4) is 0 Å². The van der Waals surface area contributed by atoms with E-state index in [0.717, 1.165) is 22.3 Å². The van der Waals surface area contributed by atoms with Crippen LogP contribution in [0.15, 0.2) is 54.6 Å². The Morgan fingerprint density at radius 2 is 1.77 bits per heavy atom. The molecule has 0 bridgehead atoms. The quantitative estimate of drug-likeness (QED) is 0.657. The molecule has 0 aliphatic carbocycles. The second-order valence-corrected chi connectivity index (χ2v) is 6.92. The van der Waals surface area contributed by atoms with Crippen molar-refractivity contribution >= 4 is 39.8 Å². The van der Waals surface area contributed by atoms with E-state index in [0.29, 0.717) is 11.5 Å². The highest BCUT2D eigenvalue weighted by Gasteiger charge is 2.10. The molecule has 0 fully saturated rings. The molecular weight excluding hydrogens is 342 g/mol. The lowest BCUT2D eigenvalue weighted by Crippen LogP contribution is -2.34. The molecule has 0 unspecified atom stereocenters. The zero-order valence-corrected chi connectivity index (χ0v) is 15.9. The Morgan fingerprint density at radius 3 is 2.46 bits per heavy atom. The molecule has 3 rings (SSSR count). The molecule has 5 heteroatoms. The molecule has 0 aliphatic rings. The standard InChI is InChI=1S/C21H21N3OS/c1-13(2)15-8-10-16(11-9-15)20(25)24-21(26)23-19-6-4-5-18-17(19)12-7-14(3)22-18/h4-13H,1-3H3,(H2,23,24,25,26). The summed E-state index contributed by atoms with van der Waals surface area (Å²) in [6.45, 7) is 6.19. The summed E-state index contributed by atoms with van der Waals surface area (Å²) in [5, 5.41) is 7.04. The van der Waals surface area contributed by atoms with Gasteiger partial charge >= 0.3 is 0 Å². The third kappa shape index (κ3) is 4.06. The maximum atomic E-state index is 12.4. The van der Waals surface area contributed by atoms with Gasteiger partial charge in [0.05, 0.1) is 5.52 Å². The zero-order chi connectivity index (χ0) is 18.7. The molecule has 0 atom stereocenters. The average molecular weight is 363 g/mol. The van der Waals surface area contributed by atoms with Crippen molar-refractivity contribution < 1.29 is 4.79 Å². The van der Waals surface area contributed by atoms with Crippen LogP contribution in [-0.4, -0.2) is 16.0 Å². The fourth-order valence-electron chi connectivity index (χ4n) is 2.71. The SMILES string of the molecule is Cc1ccc2c(NC(=S)NC(=O)c3ccc(C(C)C)cc3)cccc2n1. The second-order valence-electron chi connectivity index (χ2n) is 6.51. The predicted molar refractivity (Wildman–Crippen MR) is 111 cm³/mol. The van der Waals surface area contributed by atoms with E-state index in [4.69, 9.17) is 12.2 Å². The van der Waals surface area contributed by atoms with Gasteiger partial charge < -0.3 is 5.32 Å². The fraction of sp³-hybridized carbons (Fsp3) is 0.190. The van der Waals surface area contributed by atoms with Crippen LogP contribution in [0.5, 0.6) is 0 Å². The highest BCUT2D eigenvalue weighted by molar-refractivity contribution is 7.80. The first-order valence-electron chi connectivity index (χ1n) is 8.52. The summed E-state index contributed by atoms with van der Waals surface area (Å²) in [5.74, 6) is 0.200. The van der Waals surface area contributed by atoms with Crippen molar-refractivity contribution in [3.05, 3.63) is 71.4 Å². The minimum atomic E-state index is -0.230. The van der Waals surface area contributed by atoms with Crippen LogP contribution in [0.25, 0.3) is 10.9 Å². The van der Waals surface area contributed by atoms with Gasteiger partial charge in [-0.1, -0.05) is 32.0 Å². The molecule has 0 spiro atoms. The van der Waals surface area contributed by atoms with Crippen molar-refractivity contribution in [1.29, 1.82) is 0 Å². The van der Waals surface area contributed by atoms with E-state index >= 15 is 0 Å². The van der Waals surface area contributed by atoms with Gasteiger partial charge in [0.1, 0.15) is 0 Å². The summed E-state index contributed by atoms with van der Waals surface area (Å²) in [6, 6.07) is 17.3. The number of hydrogen-bond donors (Lipinski definition) is 2. The van der Waals surface area contributed by atoms with Gasteiger partial charge in [-0.25, -0.2) is 0 Å². The van der Waals surface area contributed by atoms with E-state index in [-0.39, 0.29) is 11.0 Å². The van der Waals surface area contributed by atoms with Crippen LogP contribution in [0.2, 0.25) is 0 Å². The van der Waals surface area contributed by atoms with E-state index in [9.17, 15) is 4.79 Å². The number of fused-ring (bicyclic) bond motifs is 1. The average Bonchev–Trinajstić information content (AvgIpc) is 2.61. The van der Waals surface area contributed by atoms with E-state index in [2.05, 4.69) is 29.5 Å². The smallest absolute Gasteiger partial charge is 0.257 e. The van der Waals surface area contributed by atoms with Crippen molar-refractivity contribution in [3.8, 4) is 0 Å². The van der Waals surface area contributed by atoms with E-state index < -0.39 is 0 Å². The normalized spacial score (nSPS) is 10.8. The van der Waals surface area contributed by atoms with Crippen molar-refractivity contribution in [2.75, 3.05) is 5.32 Å². The molecule has 1 heterocycles. The number of amides is 1. The molecule has 3 aromatic rings. The highest BCUT2D eigenvalue weighted by Crippen LogP contribution is 2.22. The van der Waals surface area contributed by atoms with Gasteiger partial charge in [0.25, 0.3) is 5.91 Å². The minimum Gasteiger partial charge on any atom is -0.332 e. The molecule has 1 amide bonds. The summed E-state index contributed by atoms with van der Waals surface area (Å²) in [7, 11) is 0. The number of carbonyl (C=O) groups is 1. The van der Waals surface area contributed by atoms with Crippen LogP contribution in [0.4, 0.5) is 5.69 Å². The van der Waals surface area contributed by atoms with Crippen LogP contribution in [0.1, 0.15) is 41.4 Å². The largest absolute Gasteiger partial charge is 0.332 e. The number of rotatable bonds is 3. The lowest BCUT2D eigenvalue weighted by molar-refractivity contribution is 0.0977. The molecule has 1 aromatic heterocycles. The van der Waals surface area contributed by atoms with Gasteiger partial charge in [0.15, 0.2) is 5.11 Å². The third-order valence-electron chi connectivity index (χ3n) is 4.19. The lowest BCUT2D eigenvalue weighted by Gasteiger charge is -2.12. The van der Waals surface area contributed by atoms with Crippen LogP contribution in [0, 0.1) is 6.92 Å². The molecule has 132 valence electrons. The number of anilines is 1. The van der Waals surface area contributed by atoms with Gasteiger partial charge in [-0.2, -0.15) is 0 Å². The Labute approximate surface area is 158 Å². The number of carbonyl (C=O) groups excluding carboxylic acids is 1. The Kier molecular flexibility index (Phi) is 5.28. The molecule has 2 aromatic carbocycles. The summed E-state index contributed by atoms with van der Waals surface area (Å²) in [5.41, 5.74) is 4.42. The zero-order valence-electron chi connectivity index (χ0n) is 15.0. The van der Waals surface area contributed by atoms with Crippen LogP contribution in [-0.2, 0) is 0 Å². The number of aromatic nitrogens is 1. The second kappa shape index (κ2) is 7.62. The fourth-order valence-corrected chi connectivity index (χ4v) is 2.92. The lowest BCUT2D eigenvalue weighted by atomic mass is 10.0. The summed E-state index contributed by atoms with van der Waals surface area (Å²) < 4.78 is 0. The summed E-state index contributed by atoms with van der Waals surface area (Å²) in [6.07, 6.45) is 0. The molecule has 0 aliphatic heterocycles. The molecule has 0 saturated heterocycles. The Morgan fingerprint density at radius 1 is 1.04 bits per heavy atom. The Bertz CT molecular complexity index is 965. The van der Waals surface area contributed by atoms with Gasteiger partial charge in [0.2, 0.25) is 0 Å². The van der Waals surface area contributed by atoms with Crippen molar-refractivity contribution in [3.63, 3.8) is 0 Å². The summed E-state index contributed by atoms with van der Waals surface area (Å²) >= 11 is 5.30. The Balaban J connectivity index is 1.72. The van der Waals surface area contributed by atoms with Gasteiger partial charge in [-0.05, 0) is 67.0 Å². The molecule has 0 saturated carbocycles. The maximum Gasteiger partial charge on any atom is 0.257 e. The van der Waals surface area contributed by atoms with E-state index in [1.807, 2.05) is 61.5 Å². The first-order chi connectivity index (χ1) is 12.4. The number of nitrogens with zero attached hydrogens (tertiary/aromatic N) is 1. The predicted octanol–water partition coefficient (Wildman–Crippen LogP) is 4.79. The number of hydrogen-bond acceptors (Lipinski definition) is 3. The van der Waals surface area contributed by atoms with E-state index in [1.165, 1.54) is 5.56 Å². The van der Waals surface area contributed by atoms with E-state index in [1.54, 1.807) is 0 Å². The van der Waals surface area contributed by atoms with Crippen LogP contribution < -0.4 is 10.6 Å². The molecule has 2 N–H and O–H groups in total. The Hall–Kier alpha value is -2.79. The molecule has 26 heavy (non-hydrogen) atoms. The summed E-state index contributed by atoms with van der Waals surface area (Å²) in [4.78, 5) is 16.9. The minimum absolute atomic E-state index is 0.230. The number of thiocarbonyl (C=S) groups is 1. The number of benzene rings is 2. The molecule has 4 nitrogen and oxygen atoms in total. The first-order valence-corrected chi connectivity index (χ1v) is 8.93. The van der Waals surface area contributed by atoms with Crippen LogP contribution >= 0.6 is 12.2 Å². The van der Waals surface area contributed by atoms with Gasteiger partial charge in [-0.3, -0.25) is 15.1 Å².